The molecule has 2 aromatic rings. The number of aromatic nitrogens is 2. The van der Waals surface area contributed by atoms with Crippen molar-refractivity contribution in [3.8, 4) is 0 Å². The number of halogens is 1. The van der Waals surface area contributed by atoms with E-state index in [2.05, 4.69) is 4.98 Å². The molecule has 0 saturated carbocycles. The van der Waals surface area contributed by atoms with Gasteiger partial charge in [0, 0.05) is 11.6 Å². The van der Waals surface area contributed by atoms with Crippen LogP contribution in [0, 0.1) is 5.92 Å². The topological polar surface area (TPSA) is 71.9 Å². The Hall–Kier alpha value is -1.27. The maximum atomic E-state index is 11.9. The molecule has 7 heteroatoms. The maximum Gasteiger partial charge on any atom is 0.326 e. The predicted molar refractivity (Wildman–Crippen MR) is 74.3 cm³/mol. The molecular formula is C12H13ClN2O3S. The van der Waals surface area contributed by atoms with Gasteiger partial charge in [-0.1, -0.05) is 11.6 Å². The molecule has 0 amide bonds. The summed E-state index contributed by atoms with van der Waals surface area (Å²) in [6.45, 7) is 0.415. The molecule has 1 fully saturated rings. The van der Waals surface area contributed by atoms with Gasteiger partial charge in [-0.05, 0) is 30.5 Å². The van der Waals surface area contributed by atoms with Crippen LogP contribution in [0.15, 0.2) is 23.0 Å². The minimum atomic E-state index is -2.92. The van der Waals surface area contributed by atoms with E-state index in [4.69, 9.17) is 11.6 Å². The van der Waals surface area contributed by atoms with Crippen LogP contribution in [-0.2, 0) is 16.4 Å². The van der Waals surface area contributed by atoms with Crippen LogP contribution < -0.4 is 5.69 Å². The van der Waals surface area contributed by atoms with E-state index >= 15 is 0 Å². The third-order valence-electron chi connectivity index (χ3n) is 3.50. The summed E-state index contributed by atoms with van der Waals surface area (Å²) in [4.78, 5) is 14.7. The summed E-state index contributed by atoms with van der Waals surface area (Å²) >= 11 is 5.94. The van der Waals surface area contributed by atoms with Crippen molar-refractivity contribution in [2.75, 3.05) is 11.5 Å². The number of fused-ring (bicyclic) bond motifs is 1. The molecule has 1 aliphatic rings. The van der Waals surface area contributed by atoms with Gasteiger partial charge in [0.05, 0.1) is 22.5 Å². The van der Waals surface area contributed by atoms with Crippen LogP contribution in [-0.4, -0.2) is 29.5 Å². The van der Waals surface area contributed by atoms with Gasteiger partial charge in [0.1, 0.15) is 0 Å². The van der Waals surface area contributed by atoms with Crippen LogP contribution in [0.3, 0.4) is 0 Å². The molecule has 102 valence electrons. The Morgan fingerprint density at radius 2 is 2.21 bits per heavy atom. The van der Waals surface area contributed by atoms with E-state index in [9.17, 15) is 13.2 Å². The van der Waals surface area contributed by atoms with E-state index in [1.54, 1.807) is 22.8 Å². The molecular weight excluding hydrogens is 288 g/mol. The number of rotatable bonds is 2. The molecule has 0 aliphatic carbocycles. The van der Waals surface area contributed by atoms with Crippen LogP contribution in [0.5, 0.6) is 0 Å². The zero-order chi connectivity index (χ0) is 13.6. The molecule has 1 saturated heterocycles. The first-order valence-corrected chi connectivity index (χ1v) is 8.23. The fourth-order valence-electron chi connectivity index (χ4n) is 2.58. The number of benzene rings is 1. The number of imidazole rings is 1. The first-order valence-electron chi connectivity index (χ1n) is 6.03. The third kappa shape index (κ3) is 2.42. The Bertz CT molecular complexity index is 791. The van der Waals surface area contributed by atoms with Crippen LogP contribution in [0.2, 0.25) is 5.02 Å². The summed E-state index contributed by atoms with van der Waals surface area (Å²) in [5, 5.41) is 0.555. The fourth-order valence-corrected chi connectivity index (χ4v) is 4.60. The molecule has 19 heavy (non-hydrogen) atoms. The van der Waals surface area contributed by atoms with Gasteiger partial charge < -0.3 is 4.98 Å². The zero-order valence-electron chi connectivity index (χ0n) is 10.1. The van der Waals surface area contributed by atoms with Crippen molar-refractivity contribution in [2.45, 2.75) is 13.0 Å². The second kappa shape index (κ2) is 4.38. The lowest BCUT2D eigenvalue weighted by Crippen LogP contribution is -2.22. The average molecular weight is 301 g/mol. The van der Waals surface area contributed by atoms with Crippen LogP contribution in [0.1, 0.15) is 6.42 Å². The first kappa shape index (κ1) is 12.7. The van der Waals surface area contributed by atoms with Crippen LogP contribution >= 0.6 is 11.6 Å². The Kier molecular flexibility index (Phi) is 2.94. The molecule has 1 aromatic carbocycles. The molecule has 2 heterocycles. The lowest BCUT2D eigenvalue weighted by atomic mass is 10.1. The van der Waals surface area contributed by atoms with Crippen molar-refractivity contribution in [1.29, 1.82) is 0 Å². The highest BCUT2D eigenvalue weighted by molar-refractivity contribution is 7.91. The van der Waals surface area contributed by atoms with Crippen molar-refractivity contribution >= 4 is 32.5 Å². The Morgan fingerprint density at radius 3 is 2.89 bits per heavy atom. The van der Waals surface area contributed by atoms with Gasteiger partial charge in [0.15, 0.2) is 9.84 Å². The summed E-state index contributed by atoms with van der Waals surface area (Å²) < 4.78 is 24.5. The van der Waals surface area contributed by atoms with Gasteiger partial charge in [0.2, 0.25) is 0 Å². The molecule has 3 rings (SSSR count). The smallest absolute Gasteiger partial charge is 0.306 e. The normalized spacial score (nSPS) is 22.1. The molecule has 0 spiro atoms. The second-order valence-corrected chi connectivity index (χ2v) is 7.64. The second-order valence-electron chi connectivity index (χ2n) is 4.97. The number of aromatic amines is 1. The lowest BCUT2D eigenvalue weighted by molar-refractivity contribution is 0.490. The van der Waals surface area contributed by atoms with E-state index < -0.39 is 9.84 Å². The number of hydrogen-bond donors (Lipinski definition) is 1. The van der Waals surface area contributed by atoms with Gasteiger partial charge in [-0.2, -0.15) is 0 Å². The highest BCUT2D eigenvalue weighted by Crippen LogP contribution is 2.22. The Balaban J connectivity index is 1.99. The Morgan fingerprint density at radius 1 is 1.42 bits per heavy atom. The van der Waals surface area contributed by atoms with E-state index in [1.807, 2.05) is 0 Å². The third-order valence-corrected chi connectivity index (χ3v) is 5.58. The molecule has 1 N–H and O–H groups in total. The largest absolute Gasteiger partial charge is 0.326 e. The van der Waals surface area contributed by atoms with E-state index in [0.29, 0.717) is 18.0 Å². The summed E-state index contributed by atoms with van der Waals surface area (Å²) in [6, 6.07) is 5.18. The number of sulfone groups is 1. The molecule has 1 atom stereocenters. The quantitative estimate of drug-likeness (QED) is 0.911. The van der Waals surface area contributed by atoms with Gasteiger partial charge in [-0.15, -0.1) is 0 Å². The highest BCUT2D eigenvalue weighted by atomic mass is 35.5. The van der Waals surface area contributed by atoms with Crippen LogP contribution in [0.4, 0.5) is 0 Å². The van der Waals surface area contributed by atoms with Gasteiger partial charge >= 0.3 is 5.69 Å². The van der Waals surface area contributed by atoms with Crippen molar-refractivity contribution in [1.82, 2.24) is 9.55 Å². The number of nitrogens with zero attached hydrogens (tertiary/aromatic N) is 1. The summed E-state index contributed by atoms with van der Waals surface area (Å²) in [7, 11) is -2.92. The van der Waals surface area contributed by atoms with Crippen molar-refractivity contribution in [2.24, 2.45) is 5.92 Å². The summed E-state index contributed by atoms with van der Waals surface area (Å²) in [5.74, 6) is 0.378. The minimum absolute atomic E-state index is 0.000631. The summed E-state index contributed by atoms with van der Waals surface area (Å²) in [5.41, 5.74) is 1.22. The minimum Gasteiger partial charge on any atom is -0.306 e. The van der Waals surface area contributed by atoms with Crippen molar-refractivity contribution in [3.63, 3.8) is 0 Å². The average Bonchev–Trinajstić information content (AvgIpc) is 2.81. The zero-order valence-corrected chi connectivity index (χ0v) is 11.7. The monoisotopic (exact) mass is 300 g/mol. The lowest BCUT2D eigenvalue weighted by Gasteiger charge is -2.08. The Labute approximate surface area is 115 Å². The first-order chi connectivity index (χ1) is 8.94. The van der Waals surface area contributed by atoms with Crippen LogP contribution in [0.25, 0.3) is 11.0 Å². The van der Waals surface area contributed by atoms with Gasteiger partial charge in [0.25, 0.3) is 0 Å². The summed E-state index contributed by atoms with van der Waals surface area (Å²) in [6.07, 6.45) is 0.613. The highest BCUT2D eigenvalue weighted by Gasteiger charge is 2.28. The van der Waals surface area contributed by atoms with E-state index in [-0.39, 0.29) is 23.1 Å². The SMILES string of the molecule is O=c1[nH]c2ccc(Cl)cc2n1CC1CCS(=O)(=O)C1. The molecule has 5 nitrogen and oxygen atoms in total. The molecule has 0 radical (unpaired) electrons. The number of H-pyrrole nitrogens is 1. The maximum absolute atomic E-state index is 11.9. The van der Waals surface area contributed by atoms with Gasteiger partial charge in [-0.25, -0.2) is 13.2 Å². The van der Waals surface area contributed by atoms with Crippen molar-refractivity contribution in [3.05, 3.63) is 33.7 Å². The predicted octanol–water partition coefficient (Wildman–Crippen LogP) is 1.42. The number of nitrogens with one attached hydrogen (secondary N) is 1. The molecule has 1 aromatic heterocycles. The van der Waals surface area contributed by atoms with Crippen molar-refractivity contribution < 1.29 is 8.42 Å². The van der Waals surface area contributed by atoms with E-state index in [1.165, 1.54) is 0 Å². The standard InChI is InChI=1S/C12H13ClN2O3S/c13-9-1-2-10-11(5-9)15(12(16)14-10)6-8-3-4-19(17,18)7-8/h1-2,5,8H,3-4,6-7H2,(H,14,16). The van der Waals surface area contributed by atoms with E-state index in [0.717, 1.165) is 11.0 Å². The fraction of sp³-hybridized carbons (Fsp3) is 0.417. The molecule has 1 aliphatic heterocycles. The molecule has 1 unspecified atom stereocenters. The molecule has 0 bridgehead atoms. The number of hydrogen-bond acceptors (Lipinski definition) is 3. The van der Waals surface area contributed by atoms with Gasteiger partial charge in [-0.3, -0.25) is 4.57 Å².